The molecule has 0 radical (unpaired) electrons. The molecule has 96 valence electrons. The molecular weight excluding hydrogens is 250 g/mol. The van der Waals surface area contributed by atoms with E-state index in [1.54, 1.807) is 0 Å². The van der Waals surface area contributed by atoms with Crippen LogP contribution in [0.15, 0.2) is 0 Å². The van der Waals surface area contributed by atoms with Crippen molar-refractivity contribution < 1.29 is 0 Å². The highest BCUT2D eigenvalue weighted by molar-refractivity contribution is 6.28. The second-order valence-electron chi connectivity index (χ2n) is 4.03. The zero-order chi connectivity index (χ0) is 12.8. The lowest BCUT2D eigenvalue weighted by Gasteiger charge is -2.15. The van der Waals surface area contributed by atoms with Crippen LogP contribution in [0, 0.1) is 11.8 Å². The number of nitrogens with zero attached hydrogens (tertiary/aromatic N) is 4. The Morgan fingerprint density at radius 2 is 2.06 bits per heavy atom. The summed E-state index contributed by atoms with van der Waals surface area (Å²) in [5.41, 5.74) is 0. The summed E-state index contributed by atoms with van der Waals surface area (Å²) in [5.74, 6) is 7.01. The number of anilines is 2. The van der Waals surface area contributed by atoms with E-state index >= 15 is 0 Å². The van der Waals surface area contributed by atoms with Crippen LogP contribution in [-0.2, 0) is 0 Å². The van der Waals surface area contributed by atoms with Crippen LogP contribution in [0.25, 0.3) is 0 Å². The van der Waals surface area contributed by atoms with Gasteiger partial charge in [-0.1, -0.05) is 0 Å². The monoisotopic (exact) mass is 265 g/mol. The van der Waals surface area contributed by atoms with Gasteiger partial charge in [0, 0.05) is 26.1 Å². The standard InChI is InChI=1S/C12H16ClN5/c1-2-3-4-7-14-11-15-10(13)16-12(17-11)18-8-5-6-9-18/h4-9H2,1H3,(H,14,15,16,17). The molecule has 1 aliphatic heterocycles. The van der Waals surface area contributed by atoms with Crippen LogP contribution in [0.4, 0.5) is 11.9 Å². The molecule has 0 bridgehead atoms. The van der Waals surface area contributed by atoms with E-state index in [1.165, 1.54) is 12.8 Å². The van der Waals surface area contributed by atoms with Gasteiger partial charge in [-0.15, -0.1) is 11.8 Å². The quantitative estimate of drug-likeness (QED) is 0.666. The summed E-state index contributed by atoms with van der Waals surface area (Å²) < 4.78 is 0. The predicted molar refractivity (Wildman–Crippen MR) is 72.8 cm³/mol. The Labute approximate surface area is 112 Å². The average Bonchev–Trinajstić information content (AvgIpc) is 2.88. The van der Waals surface area contributed by atoms with Crippen molar-refractivity contribution in [3.05, 3.63) is 5.28 Å². The first-order valence-electron chi connectivity index (χ1n) is 6.09. The maximum atomic E-state index is 5.91. The van der Waals surface area contributed by atoms with Gasteiger partial charge in [0.15, 0.2) is 0 Å². The number of aromatic nitrogens is 3. The maximum Gasteiger partial charge on any atom is 0.231 e. The molecule has 1 aromatic rings. The highest BCUT2D eigenvalue weighted by Gasteiger charge is 2.16. The molecule has 2 rings (SSSR count). The fraction of sp³-hybridized carbons (Fsp3) is 0.583. The molecule has 0 aromatic carbocycles. The van der Waals surface area contributed by atoms with Gasteiger partial charge in [-0.2, -0.15) is 15.0 Å². The normalized spacial score (nSPS) is 14.2. The van der Waals surface area contributed by atoms with E-state index in [0.717, 1.165) is 19.5 Å². The zero-order valence-electron chi connectivity index (χ0n) is 10.4. The molecule has 1 aromatic heterocycles. The van der Waals surface area contributed by atoms with E-state index in [4.69, 9.17) is 11.6 Å². The molecule has 1 N–H and O–H groups in total. The van der Waals surface area contributed by atoms with Crippen LogP contribution < -0.4 is 10.2 Å². The second kappa shape index (κ2) is 6.41. The SMILES string of the molecule is CC#CCCNc1nc(Cl)nc(N2CCCC2)n1. The van der Waals surface area contributed by atoms with Crippen molar-refractivity contribution in [1.29, 1.82) is 0 Å². The largest absolute Gasteiger partial charge is 0.353 e. The molecule has 1 aliphatic rings. The van der Waals surface area contributed by atoms with Crippen molar-refractivity contribution in [1.82, 2.24) is 15.0 Å². The van der Waals surface area contributed by atoms with Crippen LogP contribution in [0.5, 0.6) is 0 Å². The van der Waals surface area contributed by atoms with Gasteiger partial charge in [-0.3, -0.25) is 0 Å². The smallest absolute Gasteiger partial charge is 0.231 e. The van der Waals surface area contributed by atoms with Gasteiger partial charge in [0.25, 0.3) is 0 Å². The van der Waals surface area contributed by atoms with E-state index in [2.05, 4.69) is 37.0 Å². The van der Waals surface area contributed by atoms with Gasteiger partial charge in [-0.25, -0.2) is 0 Å². The number of nitrogens with one attached hydrogen (secondary N) is 1. The second-order valence-corrected chi connectivity index (χ2v) is 4.36. The molecular formula is C12H16ClN5. The van der Waals surface area contributed by atoms with Crippen LogP contribution in [0.1, 0.15) is 26.2 Å². The van der Waals surface area contributed by atoms with Gasteiger partial charge < -0.3 is 10.2 Å². The number of hydrogen-bond acceptors (Lipinski definition) is 5. The third-order valence-corrected chi connectivity index (χ3v) is 2.86. The van der Waals surface area contributed by atoms with Crippen LogP contribution in [0.3, 0.4) is 0 Å². The molecule has 18 heavy (non-hydrogen) atoms. The van der Waals surface area contributed by atoms with Crippen molar-refractivity contribution in [3.63, 3.8) is 0 Å². The fourth-order valence-electron chi connectivity index (χ4n) is 1.84. The first-order chi connectivity index (χ1) is 8.79. The highest BCUT2D eigenvalue weighted by atomic mass is 35.5. The van der Waals surface area contributed by atoms with Crippen molar-refractivity contribution in [2.24, 2.45) is 0 Å². The molecule has 0 atom stereocenters. The Kier molecular flexibility index (Phi) is 4.59. The van der Waals surface area contributed by atoms with Crippen LogP contribution >= 0.6 is 11.6 Å². The Morgan fingerprint density at radius 1 is 1.28 bits per heavy atom. The lowest BCUT2D eigenvalue weighted by atomic mass is 10.4. The van der Waals surface area contributed by atoms with Crippen LogP contribution in [-0.4, -0.2) is 34.6 Å². The first kappa shape index (κ1) is 12.9. The summed E-state index contributed by atoms with van der Waals surface area (Å²) in [6.45, 7) is 4.51. The van der Waals surface area contributed by atoms with E-state index < -0.39 is 0 Å². The van der Waals surface area contributed by atoms with E-state index in [1.807, 2.05) is 6.92 Å². The van der Waals surface area contributed by atoms with Gasteiger partial charge >= 0.3 is 0 Å². The molecule has 6 heteroatoms. The minimum absolute atomic E-state index is 0.232. The average molecular weight is 266 g/mol. The molecule has 0 unspecified atom stereocenters. The molecule has 0 aliphatic carbocycles. The highest BCUT2D eigenvalue weighted by Crippen LogP contribution is 2.18. The predicted octanol–water partition coefficient (Wildman–Crippen LogP) is 1.95. The number of rotatable bonds is 4. The third-order valence-electron chi connectivity index (χ3n) is 2.70. The van der Waals surface area contributed by atoms with E-state index in [9.17, 15) is 0 Å². The Bertz CT molecular complexity index is 459. The topological polar surface area (TPSA) is 53.9 Å². The van der Waals surface area contributed by atoms with Gasteiger partial charge in [-0.05, 0) is 31.4 Å². The summed E-state index contributed by atoms with van der Waals surface area (Å²) in [4.78, 5) is 14.7. The lowest BCUT2D eigenvalue weighted by Crippen LogP contribution is -2.21. The number of halogens is 1. The maximum absolute atomic E-state index is 5.91. The summed E-state index contributed by atoms with van der Waals surface area (Å²) in [6, 6.07) is 0. The van der Waals surface area contributed by atoms with Crippen molar-refractivity contribution in [2.75, 3.05) is 29.9 Å². The minimum Gasteiger partial charge on any atom is -0.353 e. The number of hydrogen-bond donors (Lipinski definition) is 1. The Hall–Kier alpha value is -1.54. The zero-order valence-corrected chi connectivity index (χ0v) is 11.2. The minimum atomic E-state index is 0.232. The Balaban J connectivity index is 2.02. The summed E-state index contributed by atoms with van der Waals surface area (Å²) in [6.07, 6.45) is 3.12. The Morgan fingerprint density at radius 3 is 2.78 bits per heavy atom. The molecule has 2 heterocycles. The van der Waals surface area contributed by atoms with Crippen molar-refractivity contribution in [2.45, 2.75) is 26.2 Å². The van der Waals surface area contributed by atoms with Crippen molar-refractivity contribution in [3.8, 4) is 11.8 Å². The van der Waals surface area contributed by atoms with Crippen LogP contribution in [0.2, 0.25) is 5.28 Å². The molecule has 5 nitrogen and oxygen atoms in total. The summed E-state index contributed by atoms with van der Waals surface area (Å²) in [7, 11) is 0. The third kappa shape index (κ3) is 3.47. The van der Waals surface area contributed by atoms with Gasteiger partial charge in [0.05, 0.1) is 0 Å². The van der Waals surface area contributed by atoms with E-state index in [0.29, 0.717) is 18.4 Å². The van der Waals surface area contributed by atoms with Gasteiger partial charge in [0.1, 0.15) is 0 Å². The summed E-state index contributed by atoms with van der Waals surface area (Å²) in [5, 5.41) is 3.34. The van der Waals surface area contributed by atoms with Gasteiger partial charge in [0.2, 0.25) is 17.2 Å². The molecule has 0 spiro atoms. The molecule has 0 amide bonds. The molecule has 1 fully saturated rings. The van der Waals surface area contributed by atoms with Crippen molar-refractivity contribution >= 4 is 23.5 Å². The first-order valence-corrected chi connectivity index (χ1v) is 6.47. The lowest BCUT2D eigenvalue weighted by molar-refractivity contribution is 0.876. The fourth-order valence-corrected chi connectivity index (χ4v) is 1.99. The molecule has 0 saturated carbocycles. The van der Waals surface area contributed by atoms with E-state index in [-0.39, 0.29) is 5.28 Å². The molecule has 1 saturated heterocycles. The summed E-state index contributed by atoms with van der Waals surface area (Å²) >= 11 is 5.91.